The van der Waals surface area contributed by atoms with Crippen LogP contribution in [0.1, 0.15) is 16.1 Å². The molecule has 1 aromatic carbocycles. The molecule has 0 unspecified atom stereocenters. The number of hydrogen-bond donors (Lipinski definition) is 1. The van der Waals surface area contributed by atoms with Gasteiger partial charge in [0.2, 0.25) is 0 Å². The Bertz CT molecular complexity index is 681. The number of amides is 1. The maximum atomic E-state index is 11.8. The molecular weight excluding hydrogens is 313 g/mol. The summed E-state index contributed by atoms with van der Waals surface area (Å²) in [5, 5.41) is 4.54. The number of benzene rings is 1. The van der Waals surface area contributed by atoms with Crippen LogP contribution in [-0.2, 0) is 0 Å². The fraction of sp³-hybridized carbons (Fsp3) is 0.143. The summed E-state index contributed by atoms with van der Waals surface area (Å²) in [4.78, 5) is 13.7. The van der Waals surface area contributed by atoms with E-state index in [1.54, 1.807) is 18.2 Å². The van der Waals surface area contributed by atoms with Crippen LogP contribution in [0, 0.1) is 0 Å². The molecule has 7 heteroatoms. The molecule has 5 nitrogen and oxygen atoms in total. The fourth-order valence-electron chi connectivity index (χ4n) is 1.51. The molecule has 2 rings (SSSR count). The topological polar surface area (TPSA) is 57.8 Å². The highest BCUT2D eigenvalue weighted by atomic mass is 35.5. The second-order valence-electron chi connectivity index (χ2n) is 4.40. The Hall–Kier alpha value is -1.98. The van der Waals surface area contributed by atoms with Crippen molar-refractivity contribution in [2.75, 3.05) is 19.0 Å². The lowest BCUT2D eigenvalue weighted by molar-refractivity contribution is 0.0955. The van der Waals surface area contributed by atoms with E-state index in [2.05, 4.69) is 10.5 Å². The van der Waals surface area contributed by atoms with E-state index in [0.717, 1.165) is 0 Å². The summed E-state index contributed by atoms with van der Waals surface area (Å²) in [6, 6.07) is 8.16. The Labute approximate surface area is 132 Å². The van der Waals surface area contributed by atoms with Crippen LogP contribution in [0.3, 0.4) is 0 Å². The van der Waals surface area contributed by atoms with Gasteiger partial charge in [-0.1, -0.05) is 23.2 Å². The quantitative estimate of drug-likeness (QED) is 0.692. The van der Waals surface area contributed by atoms with Crippen LogP contribution in [0.2, 0.25) is 10.0 Å². The molecule has 1 N–H and O–H groups in total. The van der Waals surface area contributed by atoms with Crippen molar-refractivity contribution in [3.8, 4) is 0 Å². The number of furan rings is 1. The van der Waals surface area contributed by atoms with Crippen LogP contribution in [0.4, 0.5) is 5.88 Å². The number of carbonyl (C=O) groups is 1. The number of halogens is 2. The van der Waals surface area contributed by atoms with Gasteiger partial charge in [0.25, 0.3) is 5.91 Å². The predicted molar refractivity (Wildman–Crippen MR) is 84.6 cm³/mol. The normalized spacial score (nSPS) is 10.9. The van der Waals surface area contributed by atoms with Crippen molar-refractivity contribution in [2.45, 2.75) is 0 Å². The summed E-state index contributed by atoms with van der Waals surface area (Å²) in [6.07, 6.45) is 1.42. The third-order valence-electron chi connectivity index (χ3n) is 2.59. The number of carbonyl (C=O) groups excluding carboxylic acids is 1. The maximum Gasteiger partial charge on any atom is 0.271 e. The lowest BCUT2D eigenvalue weighted by Gasteiger charge is -2.05. The first-order valence-electron chi connectivity index (χ1n) is 6.03. The van der Waals surface area contributed by atoms with Gasteiger partial charge in [0.1, 0.15) is 5.76 Å². The third-order valence-corrected chi connectivity index (χ3v) is 3.33. The van der Waals surface area contributed by atoms with Gasteiger partial charge >= 0.3 is 0 Å². The minimum Gasteiger partial charge on any atom is -0.440 e. The van der Waals surface area contributed by atoms with Gasteiger partial charge in [-0.25, -0.2) is 5.43 Å². The van der Waals surface area contributed by atoms with Gasteiger partial charge < -0.3 is 9.32 Å². The molecule has 110 valence electrons. The Morgan fingerprint density at radius 3 is 2.62 bits per heavy atom. The highest BCUT2D eigenvalue weighted by Gasteiger charge is 2.07. The van der Waals surface area contributed by atoms with E-state index in [-0.39, 0.29) is 5.91 Å². The first-order chi connectivity index (χ1) is 9.97. The zero-order valence-corrected chi connectivity index (χ0v) is 12.9. The number of anilines is 1. The Balaban J connectivity index is 1.99. The second kappa shape index (κ2) is 6.65. The molecule has 0 atom stereocenters. The molecule has 1 amide bonds. The molecular formula is C14H13Cl2N3O2. The van der Waals surface area contributed by atoms with Crippen molar-refractivity contribution >= 4 is 41.2 Å². The van der Waals surface area contributed by atoms with Gasteiger partial charge in [-0.15, -0.1) is 0 Å². The van der Waals surface area contributed by atoms with Crippen LogP contribution in [0.25, 0.3) is 0 Å². The number of nitrogens with one attached hydrogen (secondary N) is 1. The third kappa shape index (κ3) is 4.00. The van der Waals surface area contributed by atoms with E-state index in [0.29, 0.717) is 27.3 Å². The van der Waals surface area contributed by atoms with Gasteiger partial charge in [-0.05, 0) is 24.3 Å². The molecule has 2 aromatic rings. The van der Waals surface area contributed by atoms with Crippen LogP contribution < -0.4 is 10.3 Å². The van der Waals surface area contributed by atoms with Gasteiger partial charge in [-0.2, -0.15) is 5.10 Å². The average molecular weight is 326 g/mol. The summed E-state index contributed by atoms with van der Waals surface area (Å²) in [7, 11) is 3.73. The first-order valence-corrected chi connectivity index (χ1v) is 6.78. The van der Waals surface area contributed by atoms with E-state index >= 15 is 0 Å². The lowest BCUT2D eigenvalue weighted by atomic mass is 10.2. The Morgan fingerprint density at radius 1 is 1.24 bits per heavy atom. The van der Waals surface area contributed by atoms with Crippen molar-refractivity contribution in [1.29, 1.82) is 0 Å². The van der Waals surface area contributed by atoms with Crippen LogP contribution >= 0.6 is 23.2 Å². The molecule has 0 fully saturated rings. The van der Waals surface area contributed by atoms with Crippen LogP contribution in [0.15, 0.2) is 39.9 Å². The largest absolute Gasteiger partial charge is 0.440 e. The summed E-state index contributed by atoms with van der Waals surface area (Å²) in [6.45, 7) is 0. The molecule has 0 saturated heterocycles. The first kappa shape index (κ1) is 15.4. The van der Waals surface area contributed by atoms with Crippen molar-refractivity contribution in [3.05, 3.63) is 51.7 Å². The summed E-state index contributed by atoms with van der Waals surface area (Å²) in [5.74, 6) is 0.851. The van der Waals surface area contributed by atoms with E-state index < -0.39 is 0 Å². The van der Waals surface area contributed by atoms with Gasteiger partial charge in [0.05, 0.1) is 16.3 Å². The number of rotatable bonds is 4. The predicted octanol–water partition coefficient (Wildman–Crippen LogP) is 3.42. The standard InChI is InChI=1S/C14H13Cl2N3O2/c1-19(2)13-6-4-10(21-13)8-17-18-14(20)9-3-5-11(15)12(16)7-9/h3-8H,1-2H3,(H,18,20)/b17-8-. The van der Waals surface area contributed by atoms with Crippen LogP contribution in [-0.4, -0.2) is 26.2 Å². The highest BCUT2D eigenvalue weighted by molar-refractivity contribution is 6.42. The number of hydrazone groups is 1. The Morgan fingerprint density at radius 2 is 2.00 bits per heavy atom. The lowest BCUT2D eigenvalue weighted by Crippen LogP contribution is -2.17. The van der Waals surface area contributed by atoms with E-state index in [1.807, 2.05) is 25.1 Å². The average Bonchev–Trinajstić information content (AvgIpc) is 2.91. The van der Waals surface area contributed by atoms with Crippen molar-refractivity contribution < 1.29 is 9.21 Å². The van der Waals surface area contributed by atoms with E-state index in [9.17, 15) is 4.79 Å². The minimum atomic E-state index is -0.385. The summed E-state index contributed by atoms with van der Waals surface area (Å²) in [5.41, 5.74) is 2.76. The van der Waals surface area contributed by atoms with E-state index in [1.165, 1.54) is 12.3 Å². The summed E-state index contributed by atoms with van der Waals surface area (Å²) < 4.78 is 5.45. The molecule has 0 aliphatic heterocycles. The minimum absolute atomic E-state index is 0.315. The van der Waals surface area contributed by atoms with Gasteiger partial charge in [0.15, 0.2) is 5.88 Å². The van der Waals surface area contributed by atoms with Gasteiger partial charge in [-0.3, -0.25) is 4.79 Å². The molecule has 0 aliphatic carbocycles. The molecule has 0 bridgehead atoms. The molecule has 0 radical (unpaired) electrons. The number of hydrogen-bond acceptors (Lipinski definition) is 4. The fourth-order valence-corrected chi connectivity index (χ4v) is 1.81. The van der Waals surface area contributed by atoms with Crippen molar-refractivity contribution in [1.82, 2.24) is 5.43 Å². The molecule has 1 aromatic heterocycles. The zero-order valence-electron chi connectivity index (χ0n) is 11.4. The molecule has 0 spiro atoms. The highest BCUT2D eigenvalue weighted by Crippen LogP contribution is 2.22. The molecule has 0 aliphatic rings. The van der Waals surface area contributed by atoms with Gasteiger partial charge in [0, 0.05) is 25.7 Å². The zero-order chi connectivity index (χ0) is 15.4. The summed E-state index contributed by atoms with van der Waals surface area (Å²) >= 11 is 11.6. The van der Waals surface area contributed by atoms with Crippen LogP contribution in [0.5, 0.6) is 0 Å². The molecule has 1 heterocycles. The van der Waals surface area contributed by atoms with Crippen molar-refractivity contribution in [2.24, 2.45) is 5.10 Å². The maximum absolute atomic E-state index is 11.8. The number of nitrogens with zero attached hydrogens (tertiary/aromatic N) is 2. The molecule has 21 heavy (non-hydrogen) atoms. The monoisotopic (exact) mass is 325 g/mol. The van der Waals surface area contributed by atoms with E-state index in [4.69, 9.17) is 27.6 Å². The van der Waals surface area contributed by atoms with Crippen molar-refractivity contribution in [3.63, 3.8) is 0 Å². The second-order valence-corrected chi connectivity index (χ2v) is 5.21. The smallest absolute Gasteiger partial charge is 0.271 e. The Kier molecular flexibility index (Phi) is 4.88. The molecule has 0 saturated carbocycles. The SMILES string of the molecule is CN(C)c1ccc(/C=N\NC(=O)c2ccc(Cl)c(Cl)c2)o1.